The lowest BCUT2D eigenvalue weighted by atomic mass is 9.99. The molecule has 2 nitrogen and oxygen atoms in total. The van der Waals surface area contributed by atoms with Crippen LogP contribution in [-0.4, -0.2) is 4.98 Å². The topological polar surface area (TPSA) is 32.9 Å². The molecule has 1 aromatic heterocycles. The SMILES string of the molecule is CC(C)c1cccc2c(=O)cc(C(F)F)[nH]c12. The van der Waals surface area contributed by atoms with Crippen LogP contribution < -0.4 is 5.43 Å². The molecule has 0 amide bonds. The van der Waals surface area contributed by atoms with Gasteiger partial charge in [0.2, 0.25) is 0 Å². The van der Waals surface area contributed by atoms with E-state index in [-0.39, 0.29) is 17.0 Å². The fourth-order valence-corrected chi connectivity index (χ4v) is 1.91. The second-order valence-electron chi connectivity index (χ2n) is 4.31. The Morgan fingerprint density at radius 2 is 1.94 bits per heavy atom. The first-order valence-corrected chi connectivity index (χ1v) is 5.44. The van der Waals surface area contributed by atoms with Crippen LogP contribution in [0.4, 0.5) is 8.78 Å². The van der Waals surface area contributed by atoms with Crippen LogP contribution >= 0.6 is 0 Å². The van der Waals surface area contributed by atoms with Gasteiger partial charge in [-0.2, -0.15) is 0 Å². The van der Waals surface area contributed by atoms with E-state index in [2.05, 4.69) is 4.98 Å². The van der Waals surface area contributed by atoms with Crippen molar-refractivity contribution in [1.29, 1.82) is 0 Å². The zero-order valence-corrected chi connectivity index (χ0v) is 9.63. The normalized spacial score (nSPS) is 11.6. The van der Waals surface area contributed by atoms with Gasteiger partial charge in [0.1, 0.15) is 0 Å². The molecule has 90 valence electrons. The van der Waals surface area contributed by atoms with E-state index in [4.69, 9.17) is 0 Å². The molecule has 0 aliphatic heterocycles. The maximum absolute atomic E-state index is 12.6. The fourth-order valence-electron chi connectivity index (χ4n) is 1.91. The maximum atomic E-state index is 12.6. The third kappa shape index (κ3) is 2.07. The number of benzene rings is 1. The Morgan fingerprint density at radius 1 is 1.24 bits per heavy atom. The van der Waals surface area contributed by atoms with Gasteiger partial charge in [-0.1, -0.05) is 26.0 Å². The number of halogens is 2. The Hall–Kier alpha value is -1.71. The number of aromatic amines is 1. The van der Waals surface area contributed by atoms with Crippen molar-refractivity contribution in [3.63, 3.8) is 0 Å². The lowest BCUT2D eigenvalue weighted by Gasteiger charge is -2.11. The number of hydrogen-bond donors (Lipinski definition) is 1. The second kappa shape index (κ2) is 4.28. The molecule has 17 heavy (non-hydrogen) atoms. The average Bonchev–Trinajstić information content (AvgIpc) is 2.27. The van der Waals surface area contributed by atoms with Gasteiger partial charge >= 0.3 is 0 Å². The fraction of sp³-hybridized carbons (Fsp3) is 0.308. The van der Waals surface area contributed by atoms with Crippen molar-refractivity contribution in [1.82, 2.24) is 4.98 Å². The molecular formula is C13H13F2NO. The van der Waals surface area contributed by atoms with Gasteiger partial charge < -0.3 is 4.98 Å². The van der Waals surface area contributed by atoms with Crippen molar-refractivity contribution >= 4 is 10.9 Å². The Balaban J connectivity index is 2.83. The summed E-state index contributed by atoms with van der Waals surface area (Å²) in [5.74, 6) is 0.169. The van der Waals surface area contributed by atoms with Gasteiger partial charge in [0.05, 0.1) is 11.2 Å². The summed E-state index contributed by atoms with van der Waals surface area (Å²) in [7, 11) is 0. The zero-order chi connectivity index (χ0) is 12.6. The van der Waals surface area contributed by atoms with Crippen molar-refractivity contribution in [2.24, 2.45) is 0 Å². The highest BCUT2D eigenvalue weighted by Gasteiger charge is 2.13. The number of nitrogens with one attached hydrogen (secondary N) is 1. The minimum atomic E-state index is -2.66. The number of pyridine rings is 1. The predicted octanol–water partition coefficient (Wildman–Crippen LogP) is 3.59. The van der Waals surface area contributed by atoms with Crippen LogP contribution in [0.2, 0.25) is 0 Å². The van der Waals surface area contributed by atoms with E-state index >= 15 is 0 Å². The predicted molar refractivity (Wildman–Crippen MR) is 63.6 cm³/mol. The highest BCUT2D eigenvalue weighted by atomic mass is 19.3. The molecule has 0 atom stereocenters. The first kappa shape index (κ1) is 11.8. The Bertz CT molecular complexity index is 602. The molecule has 0 radical (unpaired) electrons. The number of alkyl halides is 2. The number of para-hydroxylation sites is 1. The number of H-pyrrole nitrogens is 1. The summed E-state index contributed by atoms with van der Waals surface area (Å²) in [6, 6.07) is 6.24. The molecule has 0 aliphatic rings. The monoisotopic (exact) mass is 237 g/mol. The lowest BCUT2D eigenvalue weighted by Crippen LogP contribution is -2.07. The van der Waals surface area contributed by atoms with Crippen molar-refractivity contribution in [2.45, 2.75) is 26.2 Å². The summed E-state index contributed by atoms with van der Waals surface area (Å²) >= 11 is 0. The number of hydrogen-bond acceptors (Lipinski definition) is 1. The molecule has 1 aromatic carbocycles. The third-order valence-corrected chi connectivity index (χ3v) is 2.78. The summed E-state index contributed by atoms with van der Waals surface area (Å²) < 4.78 is 25.3. The molecule has 0 spiro atoms. The van der Waals surface area contributed by atoms with Crippen LogP contribution in [0.5, 0.6) is 0 Å². The summed E-state index contributed by atoms with van der Waals surface area (Å²) in [5.41, 5.74) is 0.708. The first-order valence-electron chi connectivity index (χ1n) is 5.44. The highest BCUT2D eigenvalue weighted by Crippen LogP contribution is 2.24. The summed E-state index contributed by atoms with van der Waals surface area (Å²) in [5, 5.41) is 0.459. The van der Waals surface area contributed by atoms with E-state index in [1.807, 2.05) is 19.9 Å². The molecule has 0 bridgehead atoms. The smallest absolute Gasteiger partial charge is 0.278 e. The molecule has 0 fully saturated rings. The summed E-state index contributed by atoms with van der Waals surface area (Å²) in [4.78, 5) is 14.4. The van der Waals surface area contributed by atoms with Gasteiger partial charge in [0, 0.05) is 11.5 Å². The molecule has 0 saturated heterocycles. The molecular weight excluding hydrogens is 224 g/mol. The van der Waals surface area contributed by atoms with Gasteiger partial charge in [-0.05, 0) is 17.5 Å². The first-order chi connectivity index (χ1) is 8.00. The van der Waals surface area contributed by atoms with Crippen LogP contribution in [0, 0.1) is 0 Å². The van der Waals surface area contributed by atoms with E-state index in [0.29, 0.717) is 10.9 Å². The number of fused-ring (bicyclic) bond motifs is 1. The molecule has 0 aliphatic carbocycles. The molecule has 0 unspecified atom stereocenters. The number of aromatic nitrogens is 1. The number of rotatable bonds is 2. The van der Waals surface area contributed by atoms with Crippen LogP contribution in [0.25, 0.3) is 10.9 Å². The molecule has 2 rings (SSSR count). The van der Waals surface area contributed by atoms with E-state index in [9.17, 15) is 13.6 Å². The third-order valence-electron chi connectivity index (χ3n) is 2.78. The van der Waals surface area contributed by atoms with Crippen molar-refractivity contribution in [3.8, 4) is 0 Å². The Labute approximate surface area is 97.3 Å². The molecule has 1 heterocycles. The summed E-state index contributed by atoms with van der Waals surface area (Å²) in [6.07, 6.45) is -2.66. The lowest BCUT2D eigenvalue weighted by molar-refractivity contribution is 0.146. The van der Waals surface area contributed by atoms with Crippen LogP contribution in [-0.2, 0) is 0 Å². The van der Waals surface area contributed by atoms with Crippen molar-refractivity contribution < 1.29 is 8.78 Å². The zero-order valence-electron chi connectivity index (χ0n) is 9.63. The van der Waals surface area contributed by atoms with Gasteiger partial charge in [-0.15, -0.1) is 0 Å². The van der Waals surface area contributed by atoms with Gasteiger partial charge in [-0.25, -0.2) is 8.78 Å². The second-order valence-corrected chi connectivity index (χ2v) is 4.31. The van der Waals surface area contributed by atoms with Gasteiger partial charge in [0.25, 0.3) is 6.43 Å². The highest BCUT2D eigenvalue weighted by molar-refractivity contribution is 5.82. The minimum Gasteiger partial charge on any atom is -0.353 e. The van der Waals surface area contributed by atoms with E-state index in [1.165, 1.54) is 0 Å². The van der Waals surface area contributed by atoms with E-state index < -0.39 is 6.43 Å². The minimum absolute atomic E-state index is 0.169. The largest absolute Gasteiger partial charge is 0.353 e. The standard InChI is InChI=1S/C13H13F2NO/c1-7(2)8-4-3-5-9-11(17)6-10(13(14)15)16-12(8)9/h3-7,13H,1-2H3,(H,16,17). The van der Waals surface area contributed by atoms with Crippen LogP contribution in [0.3, 0.4) is 0 Å². The van der Waals surface area contributed by atoms with Crippen LogP contribution in [0.15, 0.2) is 29.1 Å². The van der Waals surface area contributed by atoms with Crippen LogP contribution in [0.1, 0.15) is 37.4 Å². The van der Waals surface area contributed by atoms with Crippen molar-refractivity contribution in [3.05, 3.63) is 45.7 Å². The molecule has 2 aromatic rings. The Kier molecular flexibility index (Phi) is 2.96. The van der Waals surface area contributed by atoms with Gasteiger partial charge in [-0.3, -0.25) is 4.79 Å². The molecule has 4 heteroatoms. The van der Waals surface area contributed by atoms with Crippen molar-refractivity contribution in [2.75, 3.05) is 0 Å². The average molecular weight is 237 g/mol. The maximum Gasteiger partial charge on any atom is 0.278 e. The molecule has 1 N–H and O–H groups in total. The quantitative estimate of drug-likeness (QED) is 0.850. The van der Waals surface area contributed by atoms with E-state index in [0.717, 1.165) is 11.6 Å². The summed E-state index contributed by atoms with van der Waals surface area (Å²) in [6.45, 7) is 3.92. The van der Waals surface area contributed by atoms with E-state index in [1.54, 1.807) is 12.1 Å². The molecule has 0 saturated carbocycles. The Morgan fingerprint density at radius 3 is 2.53 bits per heavy atom. The van der Waals surface area contributed by atoms with Gasteiger partial charge in [0.15, 0.2) is 5.43 Å².